The first-order chi connectivity index (χ1) is 9.45. The van der Waals surface area contributed by atoms with E-state index in [2.05, 4.69) is 23.9 Å². The van der Waals surface area contributed by atoms with Crippen molar-refractivity contribution in [3.05, 3.63) is 29.8 Å². The third kappa shape index (κ3) is 3.98. The van der Waals surface area contributed by atoms with Crippen molar-refractivity contribution >= 4 is 0 Å². The Labute approximate surface area is 119 Å². The molecule has 0 aliphatic heterocycles. The van der Waals surface area contributed by atoms with E-state index in [1.54, 1.807) is 6.07 Å². The lowest BCUT2D eigenvalue weighted by molar-refractivity contribution is 0.0262. The summed E-state index contributed by atoms with van der Waals surface area (Å²) in [5.41, 5.74) is 6.91. The molecule has 0 amide bonds. The summed E-state index contributed by atoms with van der Waals surface area (Å²) in [5.74, 6) is 0.500. The van der Waals surface area contributed by atoms with Gasteiger partial charge in [-0.2, -0.15) is 0 Å². The second-order valence-electron chi connectivity index (χ2n) is 6.12. The molecule has 20 heavy (non-hydrogen) atoms. The maximum absolute atomic E-state index is 12.8. The first kappa shape index (κ1) is 15.4. The van der Waals surface area contributed by atoms with Gasteiger partial charge < -0.3 is 15.7 Å². The number of hydrogen-bond acceptors (Lipinski definition) is 4. The lowest BCUT2D eigenvalue weighted by Crippen LogP contribution is -2.39. The predicted molar refractivity (Wildman–Crippen MR) is 76.5 cm³/mol. The molecule has 5 heteroatoms. The van der Waals surface area contributed by atoms with E-state index in [1.807, 2.05) is 0 Å². The van der Waals surface area contributed by atoms with E-state index in [0.717, 1.165) is 31.6 Å². The summed E-state index contributed by atoms with van der Waals surface area (Å²) in [5, 5.41) is 9.30. The average Bonchev–Trinajstić information content (AvgIpc) is 2.37. The van der Waals surface area contributed by atoms with Crippen LogP contribution in [0.15, 0.2) is 18.3 Å². The van der Waals surface area contributed by atoms with Gasteiger partial charge >= 0.3 is 0 Å². The van der Waals surface area contributed by atoms with E-state index in [9.17, 15) is 9.50 Å². The number of aliphatic hydroxyl groups is 1. The SMILES string of the molecule is CC(CN(C)CC1CC(O)C1)C(N)c1ccc(F)cn1. The van der Waals surface area contributed by atoms with Crippen molar-refractivity contribution in [2.24, 2.45) is 17.6 Å². The highest BCUT2D eigenvalue weighted by molar-refractivity contribution is 5.10. The molecule has 0 spiro atoms. The van der Waals surface area contributed by atoms with Crippen molar-refractivity contribution in [1.82, 2.24) is 9.88 Å². The van der Waals surface area contributed by atoms with E-state index in [0.29, 0.717) is 5.92 Å². The largest absolute Gasteiger partial charge is 0.393 e. The van der Waals surface area contributed by atoms with Crippen molar-refractivity contribution in [3.8, 4) is 0 Å². The maximum atomic E-state index is 12.8. The van der Waals surface area contributed by atoms with Gasteiger partial charge in [-0.15, -0.1) is 0 Å². The summed E-state index contributed by atoms with van der Waals surface area (Å²) in [4.78, 5) is 6.31. The molecule has 2 atom stereocenters. The molecule has 0 saturated heterocycles. The third-order valence-corrected chi connectivity index (χ3v) is 4.09. The van der Waals surface area contributed by atoms with Gasteiger partial charge in [-0.05, 0) is 43.9 Å². The molecule has 2 rings (SSSR count). The second kappa shape index (κ2) is 6.61. The minimum absolute atomic E-state index is 0.100. The fourth-order valence-electron chi connectivity index (χ4n) is 2.85. The Morgan fingerprint density at radius 2 is 2.20 bits per heavy atom. The van der Waals surface area contributed by atoms with Gasteiger partial charge in [0, 0.05) is 13.1 Å². The molecule has 1 aliphatic rings. The van der Waals surface area contributed by atoms with Crippen LogP contribution in [0.2, 0.25) is 0 Å². The molecule has 0 bridgehead atoms. The quantitative estimate of drug-likeness (QED) is 0.830. The minimum atomic E-state index is -0.339. The maximum Gasteiger partial charge on any atom is 0.141 e. The molecule has 3 N–H and O–H groups in total. The highest BCUT2D eigenvalue weighted by Crippen LogP contribution is 2.28. The van der Waals surface area contributed by atoms with Crippen LogP contribution < -0.4 is 5.73 Å². The topological polar surface area (TPSA) is 62.4 Å². The molecule has 1 aromatic heterocycles. The molecular formula is C15H24FN3O. The summed E-state index contributed by atoms with van der Waals surface area (Å²) < 4.78 is 12.8. The number of nitrogens with two attached hydrogens (primary N) is 1. The molecule has 1 aromatic rings. The number of rotatable bonds is 6. The fraction of sp³-hybridized carbons (Fsp3) is 0.667. The highest BCUT2D eigenvalue weighted by atomic mass is 19.1. The number of aliphatic hydroxyl groups excluding tert-OH is 1. The van der Waals surface area contributed by atoms with Crippen LogP contribution in [0.4, 0.5) is 4.39 Å². The zero-order chi connectivity index (χ0) is 14.7. The molecule has 1 aliphatic carbocycles. The van der Waals surface area contributed by atoms with Crippen molar-refractivity contribution in [2.75, 3.05) is 20.1 Å². The van der Waals surface area contributed by atoms with Crippen LogP contribution in [-0.2, 0) is 0 Å². The Morgan fingerprint density at radius 1 is 1.50 bits per heavy atom. The first-order valence-electron chi connectivity index (χ1n) is 7.19. The summed E-state index contributed by atoms with van der Waals surface area (Å²) >= 11 is 0. The Balaban J connectivity index is 1.80. The monoisotopic (exact) mass is 281 g/mol. The highest BCUT2D eigenvalue weighted by Gasteiger charge is 2.28. The van der Waals surface area contributed by atoms with Gasteiger partial charge in [0.1, 0.15) is 5.82 Å². The number of halogens is 1. The average molecular weight is 281 g/mol. The standard InChI is InChI=1S/C15H24FN3O/c1-10(8-19(2)9-11-5-13(20)6-11)15(17)14-4-3-12(16)7-18-14/h3-4,7,10-11,13,15,20H,5-6,8-9,17H2,1-2H3. The van der Waals surface area contributed by atoms with Gasteiger partial charge in [-0.1, -0.05) is 6.92 Å². The minimum Gasteiger partial charge on any atom is -0.393 e. The Bertz CT molecular complexity index is 420. The van der Waals surface area contributed by atoms with Crippen molar-refractivity contribution in [3.63, 3.8) is 0 Å². The zero-order valence-corrected chi connectivity index (χ0v) is 12.2. The normalized spacial score (nSPS) is 25.3. The van der Waals surface area contributed by atoms with Gasteiger partial charge in [-0.3, -0.25) is 4.98 Å². The van der Waals surface area contributed by atoms with E-state index >= 15 is 0 Å². The van der Waals surface area contributed by atoms with Crippen LogP contribution in [0.25, 0.3) is 0 Å². The smallest absolute Gasteiger partial charge is 0.141 e. The zero-order valence-electron chi connectivity index (χ0n) is 12.2. The molecular weight excluding hydrogens is 257 g/mol. The fourth-order valence-corrected chi connectivity index (χ4v) is 2.85. The van der Waals surface area contributed by atoms with Crippen LogP contribution in [0.3, 0.4) is 0 Å². The molecule has 4 nitrogen and oxygen atoms in total. The van der Waals surface area contributed by atoms with E-state index in [1.165, 1.54) is 12.3 Å². The summed E-state index contributed by atoms with van der Waals surface area (Å²) in [6.45, 7) is 3.94. The van der Waals surface area contributed by atoms with Crippen LogP contribution in [0.5, 0.6) is 0 Å². The van der Waals surface area contributed by atoms with Gasteiger partial charge in [0.05, 0.1) is 24.0 Å². The van der Waals surface area contributed by atoms with Gasteiger partial charge in [-0.25, -0.2) is 4.39 Å². The number of aromatic nitrogens is 1. The second-order valence-corrected chi connectivity index (χ2v) is 6.12. The molecule has 1 fully saturated rings. The molecule has 2 unspecified atom stereocenters. The van der Waals surface area contributed by atoms with Gasteiger partial charge in [0.2, 0.25) is 0 Å². The van der Waals surface area contributed by atoms with Crippen LogP contribution in [0.1, 0.15) is 31.5 Å². The number of pyridine rings is 1. The van der Waals surface area contributed by atoms with Crippen molar-refractivity contribution in [1.29, 1.82) is 0 Å². The Hall–Kier alpha value is -1.04. The van der Waals surface area contributed by atoms with Gasteiger partial charge in [0.15, 0.2) is 0 Å². The summed E-state index contributed by atoms with van der Waals surface area (Å²) in [6.07, 6.45) is 2.92. The number of nitrogens with zero attached hydrogens (tertiary/aromatic N) is 2. The van der Waals surface area contributed by atoms with E-state index in [4.69, 9.17) is 5.73 Å². The summed E-state index contributed by atoms with van der Waals surface area (Å²) in [7, 11) is 2.08. The van der Waals surface area contributed by atoms with E-state index in [-0.39, 0.29) is 23.9 Å². The molecule has 112 valence electrons. The third-order valence-electron chi connectivity index (χ3n) is 4.09. The summed E-state index contributed by atoms with van der Waals surface area (Å²) in [6, 6.07) is 2.86. The van der Waals surface area contributed by atoms with Crippen molar-refractivity contribution in [2.45, 2.75) is 31.9 Å². The van der Waals surface area contributed by atoms with Crippen LogP contribution in [0, 0.1) is 17.7 Å². The number of hydrogen-bond donors (Lipinski definition) is 2. The van der Waals surface area contributed by atoms with Crippen LogP contribution in [-0.4, -0.2) is 41.2 Å². The first-order valence-corrected chi connectivity index (χ1v) is 7.19. The molecule has 0 aromatic carbocycles. The lowest BCUT2D eigenvalue weighted by atomic mass is 9.82. The predicted octanol–water partition coefficient (Wildman–Crippen LogP) is 1.56. The lowest BCUT2D eigenvalue weighted by Gasteiger charge is -2.35. The molecule has 1 saturated carbocycles. The van der Waals surface area contributed by atoms with E-state index < -0.39 is 0 Å². The van der Waals surface area contributed by atoms with Crippen molar-refractivity contribution < 1.29 is 9.50 Å². The molecule has 1 heterocycles. The van der Waals surface area contributed by atoms with Crippen LogP contribution >= 0.6 is 0 Å². The van der Waals surface area contributed by atoms with Gasteiger partial charge in [0.25, 0.3) is 0 Å². The Morgan fingerprint density at radius 3 is 2.75 bits per heavy atom. The Kier molecular flexibility index (Phi) is 5.07. The molecule has 0 radical (unpaired) electrons.